The summed E-state index contributed by atoms with van der Waals surface area (Å²) in [6.45, 7) is 2.03. The van der Waals surface area contributed by atoms with Gasteiger partial charge in [-0.15, -0.1) is 11.6 Å². The normalized spacial score (nSPS) is 10.5. The summed E-state index contributed by atoms with van der Waals surface area (Å²) in [4.78, 5) is 4.39. The van der Waals surface area contributed by atoms with Crippen molar-refractivity contribution < 1.29 is 4.74 Å². The standard InChI is InChI=1S/C14H12Cl3NO/c1-2-10-5-9(8-15)6-14(18-10)19-11-3-4-12(16)13(17)7-11/h3-7H,2,8H2,1H3. The van der Waals surface area contributed by atoms with Crippen molar-refractivity contribution in [2.75, 3.05) is 0 Å². The van der Waals surface area contributed by atoms with E-state index < -0.39 is 0 Å². The molecule has 0 unspecified atom stereocenters. The molecule has 1 aromatic heterocycles. The van der Waals surface area contributed by atoms with E-state index in [4.69, 9.17) is 39.5 Å². The largest absolute Gasteiger partial charge is 0.439 e. The van der Waals surface area contributed by atoms with Gasteiger partial charge in [-0.2, -0.15) is 0 Å². The van der Waals surface area contributed by atoms with Crippen LogP contribution in [0.2, 0.25) is 10.0 Å². The Morgan fingerprint density at radius 3 is 2.53 bits per heavy atom. The molecule has 0 atom stereocenters. The van der Waals surface area contributed by atoms with Crippen molar-refractivity contribution in [2.24, 2.45) is 0 Å². The lowest BCUT2D eigenvalue weighted by molar-refractivity contribution is 0.460. The number of ether oxygens (including phenoxy) is 1. The van der Waals surface area contributed by atoms with Crippen molar-refractivity contribution in [3.05, 3.63) is 51.6 Å². The Kier molecular flexibility index (Phi) is 4.92. The highest BCUT2D eigenvalue weighted by molar-refractivity contribution is 6.42. The smallest absolute Gasteiger partial charge is 0.219 e. The molecule has 0 fully saturated rings. The van der Waals surface area contributed by atoms with Gasteiger partial charge in [-0.1, -0.05) is 30.1 Å². The van der Waals surface area contributed by atoms with E-state index in [-0.39, 0.29) is 0 Å². The highest BCUT2D eigenvalue weighted by Crippen LogP contribution is 2.29. The van der Waals surface area contributed by atoms with Crippen LogP contribution in [0.5, 0.6) is 11.6 Å². The summed E-state index contributed by atoms with van der Waals surface area (Å²) in [5.74, 6) is 1.52. The van der Waals surface area contributed by atoms with E-state index in [1.807, 2.05) is 19.1 Å². The lowest BCUT2D eigenvalue weighted by Crippen LogP contribution is -1.95. The molecule has 0 aliphatic heterocycles. The molecule has 0 radical (unpaired) electrons. The van der Waals surface area contributed by atoms with Crippen molar-refractivity contribution in [3.63, 3.8) is 0 Å². The summed E-state index contributed by atoms with van der Waals surface area (Å²) in [7, 11) is 0. The molecule has 2 nitrogen and oxygen atoms in total. The topological polar surface area (TPSA) is 22.1 Å². The Balaban J connectivity index is 2.29. The van der Waals surface area contributed by atoms with E-state index in [1.54, 1.807) is 18.2 Å². The van der Waals surface area contributed by atoms with Crippen LogP contribution < -0.4 is 4.74 Å². The molecule has 0 saturated heterocycles. The highest BCUT2D eigenvalue weighted by Gasteiger charge is 2.06. The number of pyridine rings is 1. The Labute approximate surface area is 127 Å². The van der Waals surface area contributed by atoms with Crippen LogP contribution >= 0.6 is 34.8 Å². The Morgan fingerprint density at radius 1 is 1.11 bits per heavy atom. The summed E-state index contributed by atoms with van der Waals surface area (Å²) in [5, 5.41) is 0.939. The third kappa shape index (κ3) is 3.75. The molecule has 0 aliphatic carbocycles. The first-order chi connectivity index (χ1) is 9.12. The number of rotatable bonds is 4. The third-order valence-corrected chi connectivity index (χ3v) is 3.59. The predicted molar refractivity (Wildman–Crippen MR) is 79.7 cm³/mol. The van der Waals surface area contributed by atoms with Gasteiger partial charge in [0, 0.05) is 23.7 Å². The molecule has 5 heteroatoms. The van der Waals surface area contributed by atoms with E-state index in [0.29, 0.717) is 27.6 Å². The zero-order valence-electron chi connectivity index (χ0n) is 10.3. The predicted octanol–water partition coefficient (Wildman–Crippen LogP) is 5.48. The molecule has 0 aliphatic rings. The minimum atomic E-state index is 0.424. The molecule has 0 bridgehead atoms. The maximum absolute atomic E-state index is 5.94. The zero-order valence-corrected chi connectivity index (χ0v) is 12.6. The Bertz CT molecular complexity index is 565. The quantitative estimate of drug-likeness (QED) is 0.697. The molecule has 2 rings (SSSR count). The molecule has 0 spiro atoms. The zero-order chi connectivity index (χ0) is 13.8. The van der Waals surface area contributed by atoms with E-state index >= 15 is 0 Å². The average molecular weight is 317 g/mol. The Morgan fingerprint density at radius 2 is 1.89 bits per heavy atom. The number of benzene rings is 1. The van der Waals surface area contributed by atoms with E-state index in [9.17, 15) is 0 Å². The number of alkyl halides is 1. The first-order valence-corrected chi connectivity index (χ1v) is 7.10. The lowest BCUT2D eigenvalue weighted by atomic mass is 10.2. The average Bonchev–Trinajstić information content (AvgIpc) is 2.42. The summed E-state index contributed by atoms with van der Waals surface area (Å²) in [5.41, 5.74) is 1.91. The van der Waals surface area contributed by atoms with Gasteiger partial charge in [-0.3, -0.25) is 0 Å². The molecule has 0 N–H and O–H groups in total. The third-order valence-electron chi connectivity index (χ3n) is 2.54. The molecular formula is C14H12Cl3NO. The van der Waals surface area contributed by atoms with Crippen molar-refractivity contribution in [1.82, 2.24) is 4.98 Å². The first kappa shape index (κ1) is 14.4. The van der Waals surface area contributed by atoms with Crippen LogP contribution in [-0.2, 0) is 12.3 Å². The van der Waals surface area contributed by atoms with Gasteiger partial charge in [-0.25, -0.2) is 4.98 Å². The molecule has 19 heavy (non-hydrogen) atoms. The minimum absolute atomic E-state index is 0.424. The first-order valence-electron chi connectivity index (χ1n) is 5.81. The molecule has 0 amide bonds. The van der Waals surface area contributed by atoms with Crippen LogP contribution in [0.15, 0.2) is 30.3 Å². The highest BCUT2D eigenvalue weighted by atomic mass is 35.5. The van der Waals surface area contributed by atoms with Crippen molar-refractivity contribution >= 4 is 34.8 Å². The van der Waals surface area contributed by atoms with E-state index in [2.05, 4.69) is 4.98 Å². The van der Waals surface area contributed by atoms with Crippen LogP contribution in [0.25, 0.3) is 0 Å². The molecule has 1 heterocycles. The monoisotopic (exact) mass is 315 g/mol. The second-order valence-corrected chi connectivity index (χ2v) is 5.05. The fraction of sp³-hybridized carbons (Fsp3) is 0.214. The van der Waals surface area contributed by atoms with Crippen LogP contribution in [-0.4, -0.2) is 4.98 Å². The molecule has 1 aromatic carbocycles. The minimum Gasteiger partial charge on any atom is -0.439 e. The van der Waals surface area contributed by atoms with Crippen molar-refractivity contribution in [3.8, 4) is 11.6 Å². The molecular weight excluding hydrogens is 305 g/mol. The fourth-order valence-corrected chi connectivity index (χ4v) is 2.03. The van der Waals surface area contributed by atoms with E-state index in [1.165, 1.54) is 0 Å². The lowest BCUT2D eigenvalue weighted by Gasteiger charge is -2.08. The van der Waals surface area contributed by atoms with Gasteiger partial charge in [0.15, 0.2) is 0 Å². The second-order valence-electron chi connectivity index (χ2n) is 3.97. The summed E-state index contributed by atoms with van der Waals surface area (Å²) in [6, 6.07) is 8.87. The van der Waals surface area contributed by atoms with Crippen LogP contribution in [0.1, 0.15) is 18.2 Å². The van der Waals surface area contributed by atoms with Gasteiger partial charge in [0.05, 0.1) is 10.0 Å². The van der Waals surface area contributed by atoms with Gasteiger partial charge in [0.2, 0.25) is 5.88 Å². The van der Waals surface area contributed by atoms with E-state index in [0.717, 1.165) is 17.7 Å². The molecule has 0 saturated carbocycles. The second kappa shape index (κ2) is 6.47. The number of hydrogen-bond acceptors (Lipinski definition) is 2. The number of aromatic nitrogens is 1. The number of aryl methyl sites for hydroxylation is 1. The number of halogens is 3. The van der Waals surface area contributed by atoms with Gasteiger partial charge in [0.25, 0.3) is 0 Å². The van der Waals surface area contributed by atoms with Crippen LogP contribution in [0, 0.1) is 0 Å². The van der Waals surface area contributed by atoms with Crippen LogP contribution in [0.3, 0.4) is 0 Å². The Hall–Kier alpha value is -0.960. The van der Waals surface area contributed by atoms with Gasteiger partial charge in [0.1, 0.15) is 5.75 Å². The van der Waals surface area contributed by atoms with Crippen LogP contribution in [0.4, 0.5) is 0 Å². The number of nitrogens with zero attached hydrogens (tertiary/aromatic N) is 1. The molecule has 2 aromatic rings. The molecule has 100 valence electrons. The van der Waals surface area contributed by atoms with Gasteiger partial charge in [-0.05, 0) is 30.2 Å². The maximum atomic E-state index is 5.94. The maximum Gasteiger partial charge on any atom is 0.219 e. The summed E-state index contributed by atoms with van der Waals surface area (Å²) in [6.07, 6.45) is 0.822. The van der Waals surface area contributed by atoms with Gasteiger partial charge >= 0.3 is 0 Å². The van der Waals surface area contributed by atoms with Gasteiger partial charge < -0.3 is 4.74 Å². The van der Waals surface area contributed by atoms with Crippen molar-refractivity contribution in [1.29, 1.82) is 0 Å². The van der Waals surface area contributed by atoms with Crippen molar-refractivity contribution in [2.45, 2.75) is 19.2 Å². The SMILES string of the molecule is CCc1cc(CCl)cc(Oc2ccc(Cl)c(Cl)c2)n1. The fourth-order valence-electron chi connectivity index (χ4n) is 1.59. The summed E-state index contributed by atoms with van der Waals surface area (Å²) < 4.78 is 5.69. The number of hydrogen-bond donors (Lipinski definition) is 0. The summed E-state index contributed by atoms with van der Waals surface area (Å²) >= 11 is 17.7.